The molecular weight excluding hydrogens is 164 g/mol. The topological polar surface area (TPSA) is 29.3 Å². The van der Waals surface area contributed by atoms with Gasteiger partial charge in [-0.2, -0.15) is 0 Å². The van der Waals surface area contributed by atoms with Crippen LogP contribution in [-0.2, 0) is 0 Å². The van der Waals surface area contributed by atoms with Gasteiger partial charge in [0.15, 0.2) is 0 Å². The molecule has 1 aliphatic heterocycles. The van der Waals surface area contributed by atoms with Crippen molar-refractivity contribution in [3.63, 3.8) is 0 Å². The minimum atomic E-state index is 0.0358. The lowest BCUT2D eigenvalue weighted by atomic mass is 10.3. The number of thiocarbonyl (C=S) groups is 1. The monoisotopic (exact) mass is 176 g/mol. The molecule has 1 saturated heterocycles. The maximum Gasteiger partial charge on any atom is 0.0953 e. The Labute approximate surface area is 71.1 Å². The Morgan fingerprint density at radius 2 is 2.50 bits per heavy atom. The van der Waals surface area contributed by atoms with Gasteiger partial charge in [0.2, 0.25) is 0 Å². The van der Waals surface area contributed by atoms with Crippen molar-refractivity contribution in [2.75, 3.05) is 18.2 Å². The van der Waals surface area contributed by atoms with Gasteiger partial charge >= 0.3 is 0 Å². The molecule has 10 heavy (non-hydrogen) atoms. The van der Waals surface area contributed by atoms with Gasteiger partial charge in [-0.15, -0.1) is 11.8 Å². The molecule has 58 valence electrons. The Balaban J connectivity index is 2.40. The van der Waals surface area contributed by atoms with Gasteiger partial charge in [0.1, 0.15) is 0 Å². The summed E-state index contributed by atoms with van der Waals surface area (Å²) in [5.74, 6) is 2.22. The zero-order valence-electron chi connectivity index (χ0n) is 6.04. The van der Waals surface area contributed by atoms with E-state index in [9.17, 15) is 0 Å². The van der Waals surface area contributed by atoms with Crippen LogP contribution in [0.3, 0.4) is 0 Å². The fourth-order valence-electron chi connectivity index (χ4n) is 0.876. The summed E-state index contributed by atoms with van der Waals surface area (Å²) in [6.07, 6.45) is 0. The van der Waals surface area contributed by atoms with Gasteiger partial charge in [0.05, 0.1) is 16.9 Å². The Kier molecular flexibility index (Phi) is 2.95. The number of hydrogen-bond donors (Lipinski definition) is 1. The lowest BCUT2D eigenvalue weighted by Crippen LogP contribution is -2.38. The predicted molar refractivity (Wildman–Crippen MR) is 50.3 cm³/mol. The van der Waals surface area contributed by atoms with E-state index < -0.39 is 0 Å². The molecule has 0 aromatic rings. The van der Waals surface area contributed by atoms with Crippen LogP contribution in [0.2, 0.25) is 0 Å². The first-order valence-corrected chi connectivity index (χ1v) is 4.90. The quantitative estimate of drug-likeness (QED) is 0.595. The molecule has 0 unspecified atom stereocenters. The molecule has 4 heteroatoms. The van der Waals surface area contributed by atoms with Crippen LogP contribution in [0.5, 0.6) is 0 Å². The zero-order valence-corrected chi connectivity index (χ0v) is 7.67. The standard InChI is InChI=1S/C6H12N2S2/c1-5(7)6(9)8-2-3-10-4-8/h5H,2-4,7H2,1H3/t5-/m0/s1. The third kappa shape index (κ3) is 1.84. The number of thioether (sulfide) groups is 1. The van der Waals surface area contributed by atoms with E-state index in [0.29, 0.717) is 0 Å². The van der Waals surface area contributed by atoms with Gasteiger partial charge in [-0.1, -0.05) is 12.2 Å². The van der Waals surface area contributed by atoms with Crippen molar-refractivity contribution in [2.24, 2.45) is 5.73 Å². The highest BCUT2D eigenvalue weighted by Crippen LogP contribution is 2.14. The summed E-state index contributed by atoms with van der Waals surface area (Å²) in [5, 5.41) is 0. The SMILES string of the molecule is C[C@H](N)C(=S)N1CCSC1. The fourth-order valence-corrected chi connectivity index (χ4v) is 2.08. The zero-order chi connectivity index (χ0) is 7.56. The highest BCUT2D eigenvalue weighted by Gasteiger charge is 2.16. The molecule has 1 fully saturated rings. The van der Waals surface area contributed by atoms with Crippen LogP contribution in [0, 0.1) is 0 Å². The highest BCUT2D eigenvalue weighted by atomic mass is 32.2. The molecule has 1 atom stereocenters. The van der Waals surface area contributed by atoms with Crippen molar-refractivity contribution < 1.29 is 0 Å². The van der Waals surface area contributed by atoms with Gasteiger partial charge < -0.3 is 10.6 Å². The van der Waals surface area contributed by atoms with E-state index in [-0.39, 0.29) is 6.04 Å². The van der Waals surface area contributed by atoms with Crippen molar-refractivity contribution >= 4 is 29.0 Å². The van der Waals surface area contributed by atoms with E-state index in [1.54, 1.807) is 0 Å². The maximum atomic E-state index is 5.62. The van der Waals surface area contributed by atoms with E-state index in [4.69, 9.17) is 18.0 Å². The molecule has 0 aliphatic carbocycles. The molecule has 0 saturated carbocycles. The summed E-state index contributed by atoms with van der Waals surface area (Å²) >= 11 is 7.04. The Morgan fingerprint density at radius 1 is 1.80 bits per heavy atom. The molecule has 2 N–H and O–H groups in total. The maximum absolute atomic E-state index is 5.62. The summed E-state index contributed by atoms with van der Waals surface area (Å²) in [4.78, 5) is 3.08. The summed E-state index contributed by atoms with van der Waals surface area (Å²) in [6.45, 7) is 3.01. The summed E-state index contributed by atoms with van der Waals surface area (Å²) < 4.78 is 0. The van der Waals surface area contributed by atoms with Gasteiger partial charge in [-0.3, -0.25) is 0 Å². The molecular formula is C6H12N2S2. The Bertz CT molecular complexity index is 130. The minimum Gasteiger partial charge on any atom is -0.355 e. The van der Waals surface area contributed by atoms with Crippen molar-refractivity contribution in [3.8, 4) is 0 Å². The molecule has 0 aromatic heterocycles. The molecule has 2 nitrogen and oxygen atoms in total. The molecule has 0 bridgehead atoms. The minimum absolute atomic E-state index is 0.0358. The largest absolute Gasteiger partial charge is 0.355 e. The van der Waals surface area contributed by atoms with E-state index in [1.807, 2.05) is 18.7 Å². The molecule has 0 amide bonds. The second kappa shape index (κ2) is 3.55. The molecule has 0 radical (unpaired) electrons. The van der Waals surface area contributed by atoms with Crippen LogP contribution in [0.4, 0.5) is 0 Å². The third-order valence-electron chi connectivity index (χ3n) is 1.45. The van der Waals surface area contributed by atoms with Gasteiger partial charge in [-0.05, 0) is 6.92 Å². The van der Waals surface area contributed by atoms with Crippen molar-refractivity contribution in [1.82, 2.24) is 4.90 Å². The number of rotatable bonds is 1. The molecule has 0 spiro atoms. The van der Waals surface area contributed by atoms with Crippen LogP contribution in [0.15, 0.2) is 0 Å². The normalized spacial score (nSPS) is 21.2. The second-order valence-electron chi connectivity index (χ2n) is 2.43. The van der Waals surface area contributed by atoms with Crippen LogP contribution in [0.25, 0.3) is 0 Å². The first kappa shape index (κ1) is 8.30. The third-order valence-corrected chi connectivity index (χ3v) is 3.05. The molecule has 0 aromatic carbocycles. The number of hydrogen-bond acceptors (Lipinski definition) is 3. The molecule has 1 aliphatic rings. The summed E-state index contributed by atoms with van der Waals surface area (Å²) in [7, 11) is 0. The van der Waals surface area contributed by atoms with Crippen molar-refractivity contribution in [1.29, 1.82) is 0 Å². The Morgan fingerprint density at radius 3 is 2.90 bits per heavy atom. The van der Waals surface area contributed by atoms with Crippen LogP contribution in [0.1, 0.15) is 6.92 Å². The van der Waals surface area contributed by atoms with Gasteiger partial charge in [-0.25, -0.2) is 0 Å². The first-order chi connectivity index (χ1) is 4.72. The molecule has 1 heterocycles. The fraction of sp³-hybridized carbons (Fsp3) is 0.833. The average molecular weight is 176 g/mol. The molecule has 1 rings (SSSR count). The van der Waals surface area contributed by atoms with Crippen molar-refractivity contribution in [3.05, 3.63) is 0 Å². The number of nitrogens with two attached hydrogens (primary N) is 1. The van der Waals surface area contributed by atoms with Crippen LogP contribution < -0.4 is 5.73 Å². The highest BCUT2D eigenvalue weighted by molar-refractivity contribution is 7.99. The van der Waals surface area contributed by atoms with Crippen LogP contribution in [-0.4, -0.2) is 34.1 Å². The van der Waals surface area contributed by atoms with E-state index in [0.717, 1.165) is 17.4 Å². The smallest absolute Gasteiger partial charge is 0.0953 e. The van der Waals surface area contributed by atoms with Crippen molar-refractivity contribution in [2.45, 2.75) is 13.0 Å². The summed E-state index contributed by atoms with van der Waals surface area (Å²) in [6, 6.07) is 0.0358. The van der Waals surface area contributed by atoms with Gasteiger partial charge in [0, 0.05) is 12.3 Å². The predicted octanol–water partition coefficient (Wildman–Crippen LogP) is 0.667. The van der Waals surface area contributed by atoms with Gasteiger partial charge in [0.25, 0.3) is 0 Å². The summed E-state index contributed by atoms with van der Waals surface area (Å²) in [5.41, 5.74) is 5.62. The lowest BCUT2D eigenvalue weighted by molar-refractivity contribution is 0.533. The number of nitrogens with zero attached hydrogens (tertiary/aromatic N) is 1. The van der Waals surface area contributed by atoms with Crippen LogP contribution >= 0.6 is 24.0 Å². The van der Waals surface area contributed by atoms with E-state index >= 15 is 0 Å². The Hall–Kier alpha value is 0.200. The van der Waals surface area contributed by atoms with E-state index in [1.165, 1.54) is 5.75 Å². The first-order valence-electron chi connectivity index (χ1n) is 3.34. The average Bonchev–Trinajstić information content (AvgIpc) is 2.36. The lowest BCUT2D eigenvalue weighted by Gasteiger charge is -2.19. The van der Waals surface area contributed by atoms with E-state index in [2.05, 4.69) is 4.90 Å². The second-order valence-corrected chi connectivity index (χ2v) is 3.92.